The van der Waals surface area contributed by atoms with Crippen LogP contribution >= 0.6 is 7.37 Å². The van der Waals surface area contributed by atoms with Gasteiger partial charge in [0.15, 0.2) is 0 Å². The van der Waals surface area contributed by atoms with Crippen LogP contribution < -0.4 is 5.73 Å². The van der Waals surface area contributed by atoms with Crippen molar-refractivity contribution in [1.29, 1.82) is 0 Å². The van der Waals surface area contributed by atoms with Gasteiger partial charge in [-0.15, -0.1) is 0 Å². The molecule has 1 aromatic carbocycles. The van der Waals surface area contributed by atoms with E-state index in [-0.39, 0.29) is 12.6 Å². The number of aryl methyl sites for hydroxylation is 1. The van der Waals surface area contributed by atoms with Gasteiger partial charge < -0.3 is 10.6 Å². The number of hydrogen-bond acceptors (Lipinski definition) is 4. The van der Waals surface area contributed by atoms with Gasteiger partial charge >= 0.3 is 0 Å². The van der Waals surface area contributed by atoms with E-state index in [0.717, 1.165) is 5.56 Å². The lowest BCUT2D eigenvalue weighted by atomic mass is 10.1. The Balaban J connectivity index is 2.42. The van der Waals surface area contributed by atoms with E-state index in [1.807, 2.05) is 30.3 Å². The monoisotopic (exact) mass is 321 g/mol. The summed E-state index contributed by atoms with van der Waals surface area (Å²) in [6.07, 6.45) is 0.972. The first kappa shape index (κ1) is 17.3. The van der Waals surface area contributed by atoms with Crippen LogP contribution in [0.4, 0.5) is 0 Å². The summed E-state index contributed by atoms with van der Waals surface area (Å²) in [5, 5.41) is 0. The molecule has 4 N–H and O–H groups in total. The van der Waals surface area contributed by atoms with Crippen LogP contribution in [-0.2, 0) is 21.1 Å². The Morgan fingerprint density at radius 1 is 1.25 bits per heavy atom. The molecule has 0 radical (unpaired) electrons. The van der Waals surface area contributed by atoms with Gasteiger partial charge in [0.05, 0.1) is 11.5 Å². The van der Waals surface area contributed by atoms with E-state index in [4.69, 9.17) is 10.3 Å². The summed E-state index contributed by atoms with van der Waals surface area (Å²) < 4.78 is 41.8. The van der Waals surface area contributed by atoms with E-state index in [1.54, 1.807) is 0 Å². The van der Waals surface area contributed by atoms with Gasteiger partial charge in [-0.2, -0.15) is 8.42 Å². The van der Waals surface area contributed by atoms with Crippen LogP contribution in [0.2, 0.25) is 0 Å². The van der Waals surface area contributed by atoms with E-state index in [1.165, 1.54) is 0 Å². The van der Waals surface area contributed by atoms with Gasteiger partial charge in [-0.25, -0.2) is 0 Å². The van der Waals surface area contributed by atoms with Crippen molar-refractivity contribution in [3.63, 3.8) is 0 Å². The molecule has 0 saturated carbocycles. The van der Waals surface area contributed by atoms with Gasteiger partial charge in [0.1, 0.15) is 0 Å². The Morgan fingerprint density at radius 2 is 1.85 bits per heavy atom. The maximum absolute atomic E-state index is 12.0. The fraction of sp³-hybridized carbons (Fsp3) is 0.500. The molecular formula is C12H20NO5PS. The molecular weight excluding hydrogens is 301 g/mol. The Kier molecular flexibility index (Phi) is 6.36. The molecule has 2 unspecified atom stereocenters. The minimum Gasteiger partial charge on any atom is -0.343 e. The van der Waals surface area contributed by atoms with Gasteiger partial charge in [0, 0.05) is 6.16 Å². The molecule has 2 atom stereocenters. The molecule has 0 saturated heterocycles. The SMILES string of the molecule is NC(CCS(=O)(=O)O)P(=O)(O)CCCc1ccccc1. The number of hydrogen-bond donors (Lipinski definition) is 3. The first-order chi connectivity index (χ1) is 9.21. The van der Waals surface area contributed by atoms with Crippen LogP contribution in [0.5, 0.6) is 0 Å². The first-order valence-electron chi connectivity index (χ1n) is 6.27. The molecule has 0 aliphatic heterocycles. The van der Waals surface area contributed by atoms with Crippen LogP contribution in [0, 0.1) is 0 Å². The zero-order chi connectivity index (χ0) is 15.2. The highest BCUT2D eigenvalue weighted by atomic mass is 32.2. The fourth-order valence-electron chi connectivity index (χ4n) is 1.79. The lowest BCUT2D eigenvalue weighted by molar-refractivity contribution is 0.455. The molecule has 0 fully saturated rings. The predicted molar refractivity (Wildman–Crippen MR) is 78.5 cm³/mol. The Labute approximate surface area is 119 Å². The maximum Gasteiger partial charge on any atom is 0.264 e. The molecule has 0 aliphatic rings. The van der Waals surface area contributed by atoms with E-state index in [9.17, 15) is 17.9 Å². The number of rotatable bonds is 8. The van der Waals surface area contributed by atoms with Crippen molar-refractivity contribution in [2.24, 2.45) is 5.73 Å². The van der Waals surface area contributed by atoms with Crippen LogP contribution in [0.3, 0.4) is 0 Å². The van der Waals surface area contributed by atoms with Crippen LogP contribution in [-0.4, -0.2) is 35.6 Å². The summed E-state index contributed by atoms with van der Waals surface area (Å²) in [5.41, 5.74) is 6.62. The van der Waals surface area contributed by atoms with E-state index in [2.05, 4.69) is 0 Å². The number of benzene rings is 1. The molecule has 114 valence electrons. The molecule has 6 nitrogen and oxygen atoms in total. The number of nitrogens with two attached hydrogens (primary N) is 1. The van der Waals surface area contributed by atoms with Crippen molar-refractivity contribution in [2.75, 3.05) is 11.9 Å². The summed E-state index contributed by atoms with van der Waals surface area (Å²) in [6.45, 7) is 0. The molecule has 8 heteroatoms. The Morgan fingerprint density at radius 3 is 2.40 bits per heavy atom. The summed E-state index contributed by atoms with van der Waals surface area (Å²) in [5.74, 6) is -1.72. The highest BCUT2D eigenvalue weighted by Crippen LogP contribution is 2.45. The summed E-state index contributed by atoms with van der Waals surface area (Å²) in [7, 11) is -7.76. The van der Waals surface area contributed by atoms with Crippen molar-refractivity contribution in [2.45, 2.75) is 25.0 Å². The molecule has 0 spiro atoms. The van der Waals surface area contributed by atoms with Crippen molar-refractivity contribution < 1.29 is 22.4 Å². The Hall–Kier alpha value is -0.720. The molecule has 0 aliphatic carbocycles. The zero-order valence-electron chi connectivity index (χ0n) is 11.1. The lowest BCUT2D eigenvalue weighted by Gasteiger charge is -2.18. The van der Waals surface area contributed by atoms with Crippen molar-refractivity contribution in [1.82, 2.24) is 0 Å². The molecule has 1 rings (SSSR count). The quantitative estimate of drug-likeness (QED) is 0.493. The van der Waals surface area contributed by atoms with E-state index in [0.29, 0.717) is 12.8 Å². The van der Waals surface area contributed by atoms with Gasteiger partial charge in [-0.05, 0) is 24.8 Å². The summed E-state index contributed by atoms with van der Waals surface area (Å²) >= 11 is 0. The third-order valence-electron chi connectivity index (χ3n) is 2.98. The molecule has 0 bridgehead atoms. The van der Waals surface area contributed by atoms with Crippen LogP contribution in [0.25, 0.3) is 0 Å². The van der Waals surface area contributed by atoms with Crippen molar-refractivity contribution in [3.8, 4) is 0 Å². The second-order valence-corrected chi connectivity index (χ2v) is 8.90. The third kappa shape index (κ3) is 6.63. The lowest BCUT2D eigenvalue weighted by Crippen LogP contribution is -2.25. The molecule has 20 heavy (non-hydrogen) atoms. The normalized spacial score (nSPS) is 16.6. The molecule has 1 aromatic rings. The fourth-order valence-corrected chi connectivity index (χ4v) is 3.99. The third-order valence-corrected chi connectivity index (χ3v) is 5.98. The average molecular weight is 321 g/mol. The van der Waals surface area contributed by atoms with Gasteiger partial charge in [-0.1, -0.05) is 30.3 Å². The zero-order valence-corrected chi connectivity index (χ0v) is 12.8. The van der Waals surface area contributed by atoms with Gasteiger partial charge in [0.2, 0.25) is 7.37 Å². The standard InChI is InChI=1S/C12H20NO5PS/c13-12(8-10-20(16,17)18)19(14,15)9-4-7-11-5-2-1-3-6-11/h1-3,5-6,12H,4,7-10,13H2,(H,14,15)(H,16,17,18). The largest absolute Gasteiger partial charge is 0.343 e. The minimum absolute atomic E-state index is 0.0362. The van der Waals surface area contributed by atoms with Gasteiger partial charge in [-0.3, -0.25) is 9.12 Å². The predicted octanol–water partition coefficient (Wildman–Crippen LogP) is 1.45. The highest BCUT2D eigenvalue weighted by Gasteiger charge is 2.28. The molecule has 0 amide bonds. The first-order valence-corrected chi connectivity index (χ1v) is 9.79. The van der Waals surface area contributed by atoms with E-state index >= 15 is 0 Å². The smallest absolute Gasteiger partial charge is 0.264 e. The van der Waals surface area contributed by atoms with Crippen molar-refractivity contribution >= 4 is 17.5 Å². The maximum atomic E-state index is 12.0. The van der Waals surface area contributed by atoms with Crippen LogP contribution in [0.15, 0.2) is 30.3 Å². The van der Waals surface area contributed by atoms with Crippen LogP contribution in [0.1, 0.15) is 18.4 Å². The average Bonchev–Trinajstić information content (AvgIpc) is 2.36. The summed E-state index contributed by atoms with van der Waals surface area (Å²) in [6, 6.07) is 9.55. The van der Waals surface area contributed by atoms with Gasteiger partial charge in [0.25, 0.3) is 10.1 Å². The second-order valence-electron chi connectivity index (χ2n) is 4.71. The topological polar surface area (TPSA) is 118 Å². The summed E-state index contributed by atoms with van der Waals surface area (Å²) in [4.78, 5) is 9.81. The molecule has 0 aromatic heterocycles. The Bertz CT molecular complexity index is 560. The molecule has 0 heterocycles. The second kappa shape index (κ2) is 7.33. The minimum atomic E-state index is -4.16. The highest BCUT2D eigenvalue weighted by molar-refractivity contribution is 7.85. The van der Waals surface area contributed by atoms with Crippen molar-refractivity contribution in [3.05, 3.63) is 35.9 Å². The van der Waals surface area contributed by atoms with E-state index < -0.39 is 29.0 Å².